The van der Waals surface area contributed by atoms with E-state index in [1.807, 2.05) is 24.3 Å². The van der Waals surface area contributed by atoms with E-state index >= 15 is 0 Å². The molecule has 0 saturated heterocycles. The topological polar surface area (TPSA) is 37.3 Å². The van der Waals surface area contributed by atoms with Crippen molar-refractivity contribution in [2.24, 2.45) is 0 Å². The van der Waals surface area contributed by atoms with Crippen LogP contribution in [0.1, 0.15) is 10.4 Å². The van der Waals surface area contributed by atoms with Gasteiger partial charge in [0, 0.05) is 0 Å². The zero-order valence-electron chi connectivity index (χ0n) is 10.2. The Balaban J connectivity index is 2.13. The number of carbonyl (C=O) groups is 1. The Bertz CT molecular complexity index is 760. The molecule has 0 unspecified atom stereocenters. The lowest BCUT2D eigenvalue weighted by Crippen LogP contribution is -1.95. The molecule has 0 saturated carbocycles. The fourth-order valence-corrected chi connectivity index (χ4v) is 2.20. The molecule has 92 valence electrons. The molecule has 0 fully saturated rings. The van der Waals surface area contributed by atoms with Gasteiger partial charge >= 0.3 is 5.97 Å². The van der Waals surface area contributed by atoms with Gasteiger partial charge in [0.1, 0.15) is 0 Å². The molecule has 19 heavy (non-hydrogen) atoms. The highest BCUT2D eigenvalue weighted by Gasteiger charge is 2.05. The molecule has 2 nitrogen and oxygen atoms in total. The summed E-state index contributed by atoms with van der Waals surface area (Å²) in [6, 6.07) is 21.3. The molecule has 0 bridgehead atoms. The van der Waals surface area contributed by atoms with E-state index in [1.54, 1.807) is 18.2 Å². The van der Waals surface area contributed by atoms with E-state index in [9.17, 15) is 4.79 Å². The minimum atomic E-state index is -0.900. The van der Waals surface area contributed by atoms with Crippen molar-refractivity contribution in [1.29, 1.82) is 0 Å². The van der Waals surface area contributed by atoms with Crippen LogP contribution in [0.5, 0.6) is 0 Å². The molecule has 3 aromatic carbocycles. The summed E-state index contributed by atoms with van der Waals surface area (Å²) in [4.78, 5) is 11.0. The Hall–Kier alpha value is -2.61. The van der Waals surface area contributed by atoms with Crippen molar-refractivity contribution < 1.29 is 9.90 Å². The van der Waals surface area contributed by atoms with Gasteiger partial charge in [-0.25, -0.2) is 4.79 Å². The van der Waals surface area contributed by atoms with E-state index in [4.69, 9.17) is 5.11 Å². The van der Waals surface area contributed by atoms with Crippen LogP contribution in [-0.4, -0.2) is 11.1 Å². The fraction of sp³-hybridized carbons (Fsp3) is 0. The lowest BCUT2D eigenvalue weighted by atomic mass is 10.00. The average molecular weight is 248 g/mol. The molecular formula is C17H12O2. The van der Waals surface area contributed by atoms with Gasteiger partial charge in [-0.3, -0.25) is 0 Å². The molecule has 0 radical (unpaired) electrons. The van der Waals surface area contributed by atoms with Gasteiger partial charge in [-0.2, -0.15) is 0 Å². The number of carboxylic acid groups (broad SMARTS) is 1. The first-order valence-electron chi connectivity index (χ1n) is 6.06. The number of carboxylic acids is 1. The molecular weight excluding hydrogens is 236 g/mol. The van der Waals surface area contributed by atoms with Gasteiger partial charge in [-0.1, -0.05) is 48.5 Å². The first kappa shape index (κ1) is 11.5. The van der Waals surface area contributed by atoms with E-state index in [2.05, 4.69) is 24.3 Å². The molecule has 0 aromatic heterocycles. The summed E-state index contributed by atoms with van der Waals surface area (Å²) in [5.74, 6) is -0.900. The number of hydrogen-bond acceptors (Lipinski definition) is 1. The van der Waals surface area contributed by atoms with E-state index in [1.165, 1.54) is 5.39 Å². The van der Waals surface area contributed by atoms with Gasteiger partial charge < -0.3 is 5.11 Å². The van der Waals surface area contributed by atoms with Crippen LogP contribution in [0.15, 0.2) is 66.7 Å². The van der Waals surface area contributed by atoms with Gasteiger partial charge in [0.2, 0.25) is 0 Å². The Morgan fingerprint density at radius 1 is 0.737 bits per heavy atom. The van der Waals surface area contributed by atoms with E-state index < -0.39 is 5.97 Å². The van der Waals surface area contributed by atoms with Crippen LogP contribution in [0.4, 0.5) is 0 Å². The summed E-state index contributed by atoms with van der Waals surface area (Å²) < 4.78 is 0. The van der Waals surface area contributed by atoms with E-state index in [0.29, 0.717) is 5.56 Å². The summed E-state index contributed by atoms with van der Waals surface area (Å²) >= 11 is 0. The lowest BCUT2D eigenvalue weighted by Gasteiger charge is -2.05. The number of rotatable bonds is 2. The number of hydrogen-bond donors (Lipinski definition) is 1. The Labute approximate surface area is 110 Å². The quantitative estimate of drug-likeness (QED) is 0.737. The molecule has 3 aromatic rings. The van der Waals surface area contributed by atoms with E-state index in [-0.39, 0.29) is 0 Å². The third-order valence-corrected chi connectivity index (χ3v) is 3.19. The van der Waals surface area contributed by atoms with Gasteiger partial charge in [-0.15, -0.1) is 0 Å². The zero-order valence-corrected chi connectivity index (χ0v) is 10.2. The summed E-state index contributed by atoms with van der Waals surface area (Å²) in [6.07, 6.45) is 0. The van der Waals surface area contributed by atoms with Crippen LogP contribution >= 0.6 is 0 Å². The Morgan fingerprint density at radius 3 is 2.26 bits per heavy atom. The Kier molecular flexibility index (Phi) is 2.76. The van der Waals surface area contributed by atoms with Crippen molar-refractivity contribution >= 4 is 16.7 Å². The summed E-state index contributed by atoms with van der Waals surface area (Å²) in [7, 11) is 0. The van der Waals surface area contributed by atoms with Crippen LogP contribution in [-0.2, 0) is 0 Å². The van der Waals surface area contributed by atoms with Crippen molar-refractivity contribution in [3.63, 3.8) is 0 Å². The Morgan fingerprint density at radius 2 is 1.47 bits per heavy atom. The largest absolute Gasteiger partial charge is 0.478 e. The van der Waals surface area contributed by atoms with Gasteiger partial charge in [0.15, 0.2) is 0 Å². The van der Waals surface area contributed by atoms with Crippen molar-refractivity contribution in [2.75, 3.05) is 0 Å². The zero-order chi connectivity index (χ0) is 13.2. The number of aromatic carboxylic acids is 1. The smallest absolute Gasteiger partial charge is 0.335 e. The lowest BCUT2D eigenvalue weighted by molar-refractivity contribution is 0.0697. The number of fused-ring (bicyclic) bond motifs is 1. The maximum atomic E-state index is 11.0. The third-order valence-electron chi connectivity index (χ3n) is 3.19. The van der Waals surface area contributed by atoms with Crippen molar-refractivity contribution in [3.8, 4) is 11.1 Å². The summed E-state index contributed by atoms with van der Waals surface area (Å²) in [5.41, 5.74) is 2.26. The molecule has 0 atom stereocenters. The van der Waals surface area contributed by atoms with Crippen molar-refractivity contribution in [2.45, 2.75) is 0 Å². The molecule has 0 heterocycles. The minimum absolute atomic E-state index is 0.311. The third kappa shape index (κ3) is 2.20. The second-order valence-electron chi connectivity index (χ2n) is 4.45. The van der Waals surface area contributed by atoms with Gasteiger partial charge in [0.05, 0.1) is 5.56 Å². The highest BCUT2D eigenvalue weighted by Crippen LogP contribution is 2.25. The summed E-state index contributed by atoms with van der Waals surface area (Å²) in [6.45, 7) is 0. The molecule has 0 amide bonds. The molecule has 0 spiro atoms. The van der Waals surface area contributed by atoms with Crippen LogP contribution in [0.3, 0.4) is 0 Å². The summed E-state index contributed by atoms with van der Waals surface area (Å²) in [5, 5.41) is 11.4. The fourth-order valence-electron chi connectivity index (χ4n) is 2.20. The predicted molar refractivity (Wildman–Crippen MR) is 76.3 cm³/mol. The standard InChI is InChI=1S/C17H12O2/c18-17(19)16-7-3-6-14(11-16)15-9-8-12-4-1-2-5-13(12)10-15/h1-11H,(H,18,19). The SMILES string of the molecule is O=C(O)c1cccc(-c2ccc3ccccc3c2)c1. The minimum Gasteiger partial charge on any atom is -0.478 e. The predicted octanol–water partition coefficient (Wildman–Crippen LogP) is 4.21. The molecule has 2 heteroatoms. The highest BCUT2D eigenvalue weighted by molar-refractivity contribution is 5.91. The first-order chi connectivity index (χ1) is 9.24. The van der Waals surface area contributed by atoms with Gasteiger partial charge in [0.25, 0.3) is 0 Å². The molecule has 0 aliphatic rings. The number of benzene rings is 3. The average Bonchev–Trinajstić information content (AvgIpc) is 2.47. The molecule has 0 aliphatic heterocycles. The molecule has 1 N–H and O–H groups in total. The monoisotopic (exact) mass is 248 g/mol. The van der Waals surface area contributed by atoms with Crippen molar-refractivity contribution in [3.05, 3.63) is 72.3 Å². The second kappa shape index (κ2) is 4.58. The van der Waals surface area contributed by atoms with Crippen LogP contribution in [0.25, 0.3) is 21.9 Å². The maximum Gasteiger partial charge on any atom is 0.335 e. The molecule has 3 rings (SSSR count). The second-order valence-corrected chi connectivity index (χ2v) is 4.45. The highest BCUT2D eigenvalue weighted by atomic mass is 16.4. The maximum absolute atomic E-state index is 11.0. The first-order valence-corrected chi connectivity index (χ1v) is 6.06. The van der Waals surface area contributed by atoms with Crippen LogP contribution < -0.4 is 0 Å². The molecule has 0 aliphatic carbocycles. The van der Waals surface area contributed by atoms with Gasteiger partial charge in [-0.05, 0) is 40.1 Å². The van der Waals surface area contributed by atoms with Crippen LogP contribution in [0.2, 0.25) is 0 Å². The van der Waals surface area contributed by atoms with Crippen molar-refractivity contribution in [1.82, 2.24) is 0 Å². The van der Waals surface area contributed by atoms with Crippen LogP contribution in [0, 0.1) is 0 Å². The van der Waals surface area contributed by atoms with E-state index in [0.717, 1.165) is 16.5 Å². The normalized spacial score (nSPS) is 10.5.